The van der Waals surface area contributed by atoms with Gasteiger partial charge < -0.3 is 10.2 Å². The fraction of sp³-hybridized carbons (Fsp3) is 0.353. The maximum atomic E-state index is 12.5. The third-order valence-electron chi connectivity index (χ3n) is 3.78. The molecule has 1 saturated heterocycles. The van der Waals surface area contributed by atoms with E-state index in [2.05, 4.69) is 10.2 Å². The second kappa shape index (κ2) is 7.31. The minimum absolute atomic E-state index is 0.195. The topological polar surface area (TPSA) is 49.4 Å². The predicted molar refractivity (Wildman–Crippen MR) is 90.5 cm³/mol. The molecular weight excluding hydrogens is 296 g/mol. The number of nitrogens with one attached hydrogen (secondary N) is 1. The van der Waals surface area contributed by atoms with Gasteiger partial charge in [-0.25, -0.2) is 0 Å². The molecule has 0 saturated carbocycles. The molecule has 2 rings (SSSR count). The predicted octanol–water partition coefficient (Wildman–Crippen LogP) is 2.44. The van der Waals surface area contributed by atoms with Gasteiger partial charge in [0.25, 0.3) is 5.91 Å². The molecule has 1 aliphatic heterocycles. The zero-order valence-electron chi connectivity index (χ0n) is 12.9. The van der Waals surface area contributed by atoms with Crippen molar-refractivity contribution >= 4 is 28.9 Å². The average molecular weight is 316 g/mol. The largest absolute Gasteiger partial charge is 0.374 e. The molecule has 22 heavy (non-hydrogen) atoms. The molecule has 116 valence electrons. The van der Waals surface area contributed by atoms with Gasteiger partial charge in [-0.3, -0.25) is 9.59 Å². The summed E-state index contributed by atoms with van der Waals surface area (Å²) in [5.74, 6) is -0.663. The zero-order valence-corrected chi connectivity index (χ0v) is 13.7. The Morgan fingerprint density at radius 1 is 1.09 bits per heavy atom. The van der Waals surface area contributed by atoms with Crippen molar-refractivity contribution in [3.8, 4) is 0 Å². The van der Waals surface area contributed by atoms with E-state index in [1.807, 2.05) is 37.3 Å². The summed E-state index contributed by atoms with van der Waals surface area (Å²) >= 11 is 5.24. The SMILES string of the molecule is CC(=O)C(C(=O)NC(=S)c1ccccc1)=C(C)N1CCCC1. The number of carbonyl (C=O) groups is 2. The van der Waals surface area contributed by atoms with Crippen LogP contribution in [0.5, 0.6) is 0 Å². The van der Waals surface area contributed by atoms with Crippen molar-refractivity contribution in [1.29, 1.82) is 0 Å². The van der Waals surface area contributed by atoms with Crippen LogP contribution in [0.4, 0.5) is 0 Å². The Balaban J connectivity index is 2.18. The molecule has 1 aromatic carbocycles. The number of likely N-dealkylation sites (tertiary alicyclic amines) is 1. The number of rotatable bonds is 4. The van der Waals surface area contributed by atoms with E-state index in [4.69, 9.17) is 12.2 Å². The summed E-state index contributed by atoms with van der Waals surface area (Å²) in [6, 6.07) is 9.24. The van der Waals surface area contributed by atoms with Crippen LogP contribution in [-0.4, -0.2) is 34.7 Å². The highest BCUT2D eigenvalue weighted by atomic mass is 32.1. The summed E-state index contributed by atoms with van der Waals surface area (Å²) < 4.78 is 0. The number of nitrogens with zero attached hydrogens (tertiary/aromatic N) is 1. The van der Waals surface area contributed by atoms with Gasteiger partial charge in [0, 0.05) is 24.4 Å². The first kappa shape index (κ1) is 16.4. The molecule has 0 radical (unpaired) electrons. The molecule has 4 nitrogen and oxygen atoms in total. The molecule has 0 unspecified atom stereocenters. The average Bonchev–Trinajstić information content (AvgIpc) is 3.02. The van der Waals surface area contributed by atoms with Gasteiger partial charge in [0.1, 0.15) is 10.6 Å². The van der Waals surface area contributed by atoms with Gasteiger partial charge in [-0.15, -0.1) is 0 Å². The lowest BCUT2D eigenvalue weighted by atomic mass is 10.1. The molecule has 0 atom stereocenters. The van der Waals surface area contributed by atoms with E-state index in [0.29, 0.717) is 4.99 Å². The smallest absolute Gasteiger partial charge is 0.261 e. The number of allylic oxidation sites excluding steroid dienone is 1. The molecule has 1 N–H and O–H groups in total. The summed E-state index contributed by atoms with van der Waals surface area (Å²) in [6.07, 6.45) is 2.18. The lowest BCUT2D eigenvalue weighted by Gasteiger charge is -2.21. The highest BCUT2D eigenvalue weighted by Gasteiger charge is 2.23. The maximum Gasteiger partial charge on any atom is 0.261 e. The van der Waals surface area contributed by atoms with Crippen LogP contribution in [0.2, 0.25) is 0 Å². The van der Waals surface area contributed by atoms with E-state index in [-0.39, 0.29) is 11.4 Å². The van der Waals surface area contributed by atoms with Crippen molar-refractivity contribution in [1.82, 2.24) is 10.2 Å². The van der Waals surface area contributed by atoms with Gasteiger partial charge in [-0.1, -0.05) is 42.5 Å². The minimum Gasteiger partial charge on any atom is -0.374 e. The summed E-state index contributed by atoms with van der Waals surface area (Å²) in [6.45, 7) is 5.02. The lowest BCUT2D eigenvalue weighted by molar-refractivity contribution is -0.121. The van der Waals surface area contributed by atoms with E-state index in [1.165, 1.54) is 6.92 Å². The Kier molecular flexibility index (Phi) is 5.44. The molecule has 1 amide bonds. The number of thiocarbonyl (C=S) groups is 1. The van der Waals surface area contributed by atoms with E-state index >= 15 is 0 Å². The summed E-state index contributed by atoms with van der Waals surface area (Å²) in [4.78, 5) is 26.8. The Morgan fingerprint density at radius 2 is 1.68 bits per heavy atom. The Labute approximate surface area is 136 Å². The molecular formula is C17H20N2O2S. The standard InChI is InChI=1S/C17H20N2O2S/c1-12(19-10-6-7-11-19)15(13(2)20)16(21)18-17(22)14-8-4-3-5-9-14/h3-5,8-9H,6-7,10-11H2,1-2H3,(H,18,21,22). The van der Waals surface area contributed by atoms with Crippen LogP contribution in [0.3, 0.4) is 0 Å². The number of ketones is 1. The van der Waals surface area contributed by atoms with Gasteiger partial charge in [-0.05, 0) is 26.7 Å². The quantitative estimate of drug-likeness (QED) is 0.401. The van der Waals surface area contributed by atoms with Crippen LogP contribution >= 0.6 is 12.2 Å². The third-order valence-corrected chi connectivity index (χ3v) is 4.12. The van der Waals surface area contributed by atoms with E-state index < -0.39 is 5.91 Å². The first-order chi connectivity index (χ1) is 10.5. The molecule has 1 aliphatic rings. The van der Waals surface area contributed by atoms with Gasteiger partial charge in [0.2, 0.25) is 0 Å². The van der Waals surface area contributed by atoms with Gasteiger partial charge >= 0.3 is 0 Å². The van der Waals surface area contributed by atoms with Gasteiger partial charge in [0.15, 0.2) is 5.78 Å². The van der Waals surface area contributed by atoms with Crippen LogP contribution in [0.25, 0.3) is 0 Å². The van der Waals surface area contributed by atoms with Gasteiger partial charge in [-0.2, -0.15) is 0 Å². The highest BCUT2D eigenvalue weighted by molar-refractivity contribution is 7.80. The van der Waals surface area contributed by atoms with Crippen LogP contribution in [0.1, 0.15) is 32.3 Å². The van der Waals surface area contributed by atoms with Crippen molar-refractivity contribution in [3.63, 3.8) is 0 Å². The van der Waals surface area contributed by atoms with E-state index in [9.17, 15) is 9.59 Å². The number of amides is 1. The van der Waals surface area contributed by atoms with Crippen molar-refractivity contribution in [2.24, 2.45) is 0 Å². The molecule has 1 heterocycles. The van der Waals surface area contributed by atoms with Gasteiger partial charge in [0.05, 0.1) is 0 Å². The van der Waals surface area contributed by atoms with Crippen molar-refractivity contribution in [2.45, 2.75) is 26.7 Å². The van der Waals surface area contributed by atoms with Crippen molar-refractivity contribution in [2.75, 3.05) is 13.1 Å². The van der Waals surface area contributed by atoms with Crippen LogP contribution < -0.4 is 5.32 Å². The normalized spacial score (nSPS) is 15.3. The Hall–Kier alpha value is -2.01. The number of carbonyl (C=O) groups excluding carboxylic acids is 2. The minimum atomic E-state index is -0.425. The van der Waals surface area contributed by atoms with E-state index in [1.54, 1.807) is 0 Å². The summed E-state index contributed by atoms with van der Waals surface area (Å²) in [7, 11) is 0. The molecule has 1 aromatic rings. The monoisotopic (exact) mass is 316 g/mol. The molecule has 5 heteroatoms. The molecule has 0 bridgehead atoms. The van der Waals surface area contributed by atoms with Crippen LogP contribution in [0.15, 0.2) is 41.6 Å². The van der Waals surface area contributed by atoms with E-state index in [0.717, 1.165) is 37.2 Å². The maximum absolute atomic E-state index is 12.5. The summed E-state index contributed by atoms with van der Waals surface area (Å²) in [5, 5.41) is 2.67. The number of benzene rings is 1. The number of Topliss-reactive ketones (excluding diaryl/α,β-unsaturated/α-hetero) is 1. The molecule has 1 fully saturated rings. The van der Waals surface area contributed by atoms with Crippen LogP contribution in [-0.2, 0) is 9.59 Å². The summed E-state index contributed by atoms with van der Waals surface area (Å²) in [5.41, 5.74) is 1.69. The van der Waals surface area contributed by atoms with Crippen molar-refractivity contribution in [3.05, 3.63) is 47.2 Å². The lowest BCUT2D eigenvalue weighted by Crippen LogP contribution is -2.35. The Morgan fingerprint density at radius 3 is 2.23 bits per heavy atom. The van der Waals surface area contributed by atoms with Crippen LogP contribution in [0, 0.1) is 0 Å². The number of hydrogen-bond donors (Lipinski definition) is 1. The van der Waals surface area contributed by atoms with Crippen molar-refractivity contribution < 1.29 is 9.59 Å². The second-order valence-electron chi connectivity index (χ2n) is 5.36. The zero-order chi connectivity index (χ0) is 16.1. The first-order valence-electron chi connectivity index (χ1n) is 7.38. The first-order valence-corrected chi connectivity index (χ1v) is 7.79. The highest BCUT2D eigenvalue weighted by Crippen LogP contribution is 2.18. The number of hydrogen-bond acceptors (Lipinski definition) is 4. The molecule has 0 aromatic heterocycles. The fourth-order valence-electron chi connectivity index (χ4n) is 2.62. The third kappa shape index (κ3) is 3.80. The molecule has 0 spiro atoms. The molecule has 0 aliphatic carbocycles. The fourth-order valence-corrected chi connectivity index (χ4v) is 2.85. The Bertz CT molecular complexity index is 617. The second-order valence-corrected chi connectivity index (χ2v) is 5.77.